The maximum atomic E-state index is 10.6. The Morgan fingerprint density at radius 1 is 1.19 bits per heavy atom. The lowest BCUT2D eigenvalue weighted by molar-refractivity contribution is 0.212. The van der Waals surface area contributed by atoms with E-state index in [4.69, 9.17) is 4.52 Å². The van der Waals surface area contributed by atoms with Gasteiger partial charge in [0.25, 0.3) is 0 Å². The minimum absolute atomic E-state index is 0.0303. The van der Waals surface area contributed by atoms with E-state index >= 15 is 0 Å². The molecule has 0 saturated heterocycles. The van der Waals surface area contributed by atoms with Gasteiger partial charge in [0.1, 0.15) is 0 Å². The van der Waals surface area contributed by atoms with Crippen LogP contribution >= 0.6 is 8.69 Å². The van der Waals surface area contributed by atoms with E-state index < -0.39 is 0 Å². The zero-order chi connectivity index (χ0) is 11.6. The average molecular weight is 238 g/mol. The lowest BCUT2D eigenvalue weighted by atomic mass is 10.0. The normalized spacial score (nSPS) is 12.8. The predicted octanol–water partition coefficient (Wildman–Crippen LogP) is 4.92. The van der Waals surface area contributed by atoms with Crippen molar-refractivity contribution in [1.82, 2.24) is 0 Å². The summed E-state index contributed by atoms with van der Waals surface area (Å²) in [5.41, 5.74) is 1.11. The summed E-state index contributed by atoms with van der Waals surface area (Å²) in [5, 5.41) is 0. The van der Waals surface area contributed by atoms with E-state index in [-0.39, 0.29) is 14.8 Å². The Morgan fingerprint density at radius 3 is 2.56 bits per heavy atom. The fraction of sp³-hybridized carbons (Fsp3) is 0.538. The van der Waals surface area contributed by atoms with Crippen LogP contribution in [0.5, 0.6) is 0 Å². The number of hydrogen-bond acceptors (Lipinski definition) is 2. The fourth-order valence-electron chi connectivity index (χ4n) is 1.76. The van der Waals surface area contributed by atoms with Crippen LogP contribution < -0.4 is 0 Å². The van der Waals surface area contributed by atoms with Gasteiger partial charge >= 0.3 is 8.69 Å². The van der Waals surface area contributed by atoms with Gasteiger partial charge in [-0.15, -0.1) is 0 Å². The monoisotopic (exact) mass is 238 g/mol. The first-order chi connectivity index (χ1) is 7.88. The van der Waals surface area contributed by atoms with Crippen LogP contribution in [0, 0.1) is 0 Å². The van der Waals surface area contributed by atoms with Crippen molar-refractivity contribution in [3.05, 3.63) is 35.9 Å². The zero-order valence-electron chi connectivity index (χ0n) is 9.76. The maximum absolute atomic E-state index is 10.6. The van der Waals surface area contributed by atoms with Gasteiger partial charge in [0.2, 0.25) is 0 Å². The van der Waals surface area contributed by atoms with Crippen molar-refractivity contribution in [2.24, 2.45) is 0 Å². The van der Waals surface area contributed by atoms with Crippen LogP contribution in [0.4, 0.5) is 0 Å². The molecule has 88 valence electrons. The van der Waals surface area contributed by atoms with Crippen molar-refractivity contribution in [3.63, 3.8) is 0 Å². The fourth-order valence-corrected chi connectivity index (χ4v) is 2.09. The van der Waals surface area contributed by atoms with Gasteiger partial charge in [-0.05, 0) is 12.0 Å². The van der Waals surface area contributed by atoms with Gasteiger partial charge in [0.15, 0.2) is 0 Å². The van der Waals surface area contributed by atoms with Gasteiger partial charge in [0, 0.05) is 0 Å². The summed E-state index contributed by atoms with van der Waals surface area (Å²) < 4.78 is 15.8. The molecule has 1 aromatic rings. The molecule has 0 aliphatic carbocycles. The van der Waals surface area contributed by atoms with Gasteiger partial charge in [-0.25, -0.2) is 4.57 Å². The summed E-state index contributed by atoms with van der Waals surface area (Å²) in [6.45, 7) is 2.20. The number of benzene rings is 1. The van der Waals surface area contributed by atoms with Crippen LogP contribution in [0.2, 0.25) is 0 Å². The van der Waals surface area contributed by atoms with E-state index in [2.05, 4.69) is 6.92 Å². The molecule has 0 aromatic heterocycles. The summed E-state index contributed by atoms with van der Waals surface area (Å²) in [4.78, 5) is 0. The van der Waals surface area contributed by atoms with Crippen molar-refractivity contribution in [2.45, 2.75) is 45.1 Å². The molecule has 1 unspecified atom stereocenters. The Hall–Kier alpha value is -0.720. The minimum Gasteiger partial charge on any atom is -0.286 e. The summed E-state index contributed by atoms with van der Waals surface area (Å²) in [6, 6.07) is 10.00. The van der Waals surface area contributed by atoms with Crippen LogP contribution in [-0.4, -0.2) is 0 Å². The molecule has 0 aliphatic rings. The van der Waals surface area contributed by atoms with Gasteiger partial charge in [-0.3, -0.25) is 4.52 Å². The number of rotatable bonds is 8. The van der Waals surface area contributed by atoms with E-state index in [9.17, 15) is 4.57 Å². The highest BCUT2D eigenvalue weighted by atomic mass is 31.1. The molecular formula is C13H19O2P. The second-order valence-electron chi connectivity index (χ2n) is 3.93. The topological polar surface area (TPSA) is 26.3 Å². The van der Waals surface area contributed by atoms with Crippen molar-refractivity contribution >= 4 is 8.69 Å². The van der Waals surface area contributed by atoms with Crippen molar-refractivity contribution in [1.29, 1.82) is 0 Å². The van der Waals surface area contributed by atoms with Gasteiger partial charge < -0.3 is 0 Å². The van der Waals surface area contributed by atoms with Crippen LogP contribution in [0.15, 0.2) is 30.3 Å². The molecule has 16 heavy (non-hydrogen) atoms. The molecule has 0 radical (unpaired) electrons. The van der Waals surface area contributed by atoms with Crippen LogP contribution in [0.1, 0.15) is 50.7 Å². The number of unbranched alkanes of at least 4 members (excludes halogenated alkanes) is 3. The molecule has 1 aromatic carbocycles. The second-order valence-corrected chi connectivity index (χ2v) is 4.29. The van der Waals surface area contributed by atoms with Gasteiger partial charge in [0.05, 0.1) is 6.10 Å². The van der Waals surface area contributed by atoms with Crippen molar-refractivity contribution in [3.8, 4) is 0 Å². The molecule has 0 bridgehead atoms. The first kappa shape index (κ1) is 13.3. The minimum atomic E-state index is -0.228. The Balaban J connectivity index is 2.44. The summed E-state index contributed by atoms with van der Waals surface area (Å²) in [6.07, 6.45) is 5.76. The van der Waals surface area contributed by atoms with E-state index in [1.54, 1.807) is 0 Å². The lowest BCUT2D eigenvalue weighted by Gasteiger charge is -2.13. The number of hydrogen-bond donors (Lipinski definition) is 0. The molecule has 0 N–H and O–H groups in total. The second kappa shape index (κ2) is 8.43. The summed E-state index contributed by atoms with van der Waals surface area (Å²) in [5.74, 6) is 0. The molecule has 0 saturated carbocycles. The Labute approximate surface area is 99.3 Å². The maximum Gasteiger partial charge on any atom is 0.327 e. The third-order valence-electron chi connectivity index (χ3n) is 2.66. The SMILES string of the molecule is CCCCCCC(OP=O)c1ccccc1. The van der Waals surface area contributed by atoms with E-state index in [0.717, 1.165) is 18.4 Å². The van der Waals surface area contributed by atoms with Crippen LogP contribution in [0.3, 0.4) is 0 Å². The molecule has 0 aliphatic heterocycles. The quantitative estimate of drug-likeness (QED) is 0.474. The van der Waals surface area contributed by atoms with E-state index in [0.29, 0.717) is 0 Å². The Morgan fingerprint density at radius 2 is 1.94 bits per heavy atom. The molecule has 0 amide bonds. The van der Waals surface area contributed by atoms with Gasteiger partial charge in [-0.2, -0.15) is 0 Å². The molecule has 3 heteroatoms. The highest BCUT2D eigenvalue weighted by Crippen LogP contribution is 2.27. The van der Waals surface area contributed by atoms with Crippen molar-refractivity contribution < 1.29 is 9.09 Å². The summed E-state index contributed by atoms with van der Waals surface area (Å²) in [7, 11) is -0.228. The molecule has 2 nitrogen and oxygen atoms in total. The molecule has 1 atom stereocenters. The molecule has 0 heterocycles. The molecule has 1 rings (SSSR count). The standard InChI is InChI=1S/C13H19O2P/c1-2-3-4-8-11-13(15-16-14)12-9-6-5-7-10-12/h5-7,9-10,13H,2-4,8,11H2,1H3. The third kappa shape index (κ3) is 4.87. The predicted molar refractivity (Wildman–Crippen MR) is 66.6 cm³/mol. The van der Waals surface area contributed by atoms with Crippen LogP contribution in [-0.2, 0) is 9.09 Å². The Kier molecular flexibility index (Phi) is 7.03. The third-order valence-corrected chi connectivity index (χ3v) is 3.00. The highest BCUT2D eigenvalue weighted by Gasteiger charge is 2.11. The Bertz CT molecular complexity index is 287. The highest BCUT2D eigenvalue weighted by molar-refractivity contribution is 7.17. The lowest BCUT2D eigenvalue weighted by Crippen LogP contribution is -1.98. The largest absolute Gasteiger partial charge is 0.327 e. The van der Waals surface area contributed by atoms with E-state index in [1.165, 1.54) is 19.3 Å². The first-order valence-corrected chi connectivity index (χ1v) is 6.65. The molecule has 0 spiro atoms. The smallest absolute Gasteiger partial charge is 0.286 e. The zero-order valence-corrected chi connectivity index (χ0v) is 10.7. The van der Waals surface area contributed by atoms with Gasteiger partial charge in [-0.1, -0.05) is 62.9 Å². The van der Waals surface area contributed by atoms with Crippen LogP contribution in [0.25, 0.3) is 0 Å². The molecule has 0 fully saturated rings. The molecular weight excluding hydrogens is 219 g/mol. The van der Waals surface area contributed by atoms with Crippen molar-refractivity contribution in [2.75, 3.05) is 0 Å². The first-order valence-electron chi connectivity index (χ1n) is 5.92. The van der Waals surface area contributed by atoms with E-state index in [1.807, 2.05) is 30.3 Å². The average Bonchev–Trinajstić information content (AvgIpc) is 2.34. The summed E-state index contributed by atoms with van der Waals surface area (Å²) >= 11 is 0.